The molecular weight excluding hydrogens is 312 g/mol. The van der Waals surface area contributed by atoms with E-state index < -0.39 is 0 Å². The first-order chi connectivity index (χ1) is 11.0. The Morgan fingerprint density at radius 1 is 1.09 bits per heavy atom. The number of amides is 1. The molecule has 7 nitrogen and oxygen atoms in total. The Kier molecular flexibility index (Phi) is 5.86. The molecule has 0 aliphatic rings. The van der Waals surface area contributed by atoms with Gasteiger partial charge >= 0.3 is 0 Å². The van der Waals surface area contributed by atoms with Crippen LogP contribution in [0.2, 0.25) is 0 Å². The van der Waals surface area contributed by atoms with Gasteiger partial charge in [0, 0.05) is 25.7 Å². The third kappa shape index (κ3) is 4.88. The highest BCUT2D eigenvalue weighted by atomic mass is 32.1. The summed E-state index contributed by atoms with van der Waals surface area (Å²) >= 11 is 1.41. The molecule has 1 amide bonds. The number of rotatable bonds is 7. The van der Waals surface area contributed by atoms with E-state index in [1.54, 1.807) is 0 Å². The van der Waals surface area contributed by atoms with Crippen molar-refractivity contribution in [3.8, 4) is 0 Å². The minimum absolute atomic E-state index is 0.0814. The van der Waals surface area contributed by atoms with Crippen LogP contribution in [-0.4, -0.2) is 40.5 Å². The van der Waals surface area contributed by atoms with Crippen molar-refractivity contribution in [2.45, 2.75) is 27.7 Å². The number of nitrogens with one attached hydrogen (secondary N) is 3. The Balaban J connectivity index is 1.83. The van der Waals surface area contributed by atoms with Gasteiger partial charge in [0.2, 0.25) is 0 Å². The second-order valence-electron chi connectivity index (χ2n) is 5.05. The summed E-state index contributed by atoms with van der Waals surface area (Å²) in [5, 5.41) is 10.1. The molecule has 2 aromatic rings. The predicted molar refractivity (Wildman–Crippen MR) is 93.3 cm³/mol. The number of anilines is 2. The van der Waals surface area contributed by atoms with E-state index in [4.69, 9.17) is 0 Å². The van der Waals surface area contributed by atoms with Gasteiger partial charge in [0.05, 0.1) is 10.7 Å². The van der Waals surface area contributed by atoms with Crippen LogP contribution in [0.5, 0.6) is 0 Å². The zero-order chi connectivity index (χ0) is 16.8. The second-order valence-corrected chi connectivity index (χ2v) is 6.25. The van der Waals surface area contributed by atoms with Gasteiger partial charge in [-0.15, -0.1) is 11.3 Å². The zero-order valence-corrected chi connectivity index (χ0v) is 14.7. The predicted octanol–water partition coefficient (Wildman–Crippen LogP) is 2.13. The first kappa shape index (κ1) is 17.1. The second kappa shape index (κ2) is 7.87. The Hall–Kier alpha value is -2.22. The van der Waals surface area contributed by atoms with Crippen molar-refractivity contribution in [1.82, 2.24) is 20.3 Å². The Bertz CT molecular complexity index is 685. The smallest absolute Gasteiger partial charge is 0.263 e. The number of hydrogen-bond acceptors (Lipinski definition) is 7. The van der Waals surface area contributed by atoms with E-state index in [0.29, 0.717) is 23.8 Å². The van der Waals surface area contributed by atoms with Crippen LogP contribution in [0.4, 0.5) is 11.6 Å². The zero-order valence-electron chi connectivity index (χ0n) is 13.9. The van der Waals surface area contributed by atoms with E-state index in [0.717, 1.165) is 28.9 Å². The first-order valence-electron chi connectivity index (χ1n) is 7.55. The number of carbonyl (C=O) groups excluding carboxylic acids is 1. The lowest BCUT2D eigenvalue weighted by molar-refractivity contribution is 0.0958. The Morgan fingerprint density at radius 2 is 1.78 bits per heavy atom. The quantitative estimate of drug-likeness (QED) is 0.672. The Labute approximate surface area is 140 Å². The molecule has 23 heavy (non-hydrogen) atoms. The lowest BCUT2D eigenvalue weighted by Crippen LogP contribution is -2.28. The minimum Gasteiger partial charge on any atom is -0.370 e. The SMILES string of the molecule is CCNc1cc(NCCNC(=O)c2sc(C)nc2C)nc(C)n1. The number of carbonyl (C=O) groups is 1. The van der Waals surface area contributed by atoms with Crippen LogP contribution in [0.1, 0.15) is 33.1 Å². The van der Waals surface area contributed by atoms with E-state index in [1.807, 2.05) is 33.8 Å². The number of aromatic nitrogens is 3. The van der Waals surface area contributed by atoms with Gasteiger partial charge in [0.1, 0.15) is 22.3 Å². The molecular formula is C15H22N6OS. The molecule has 0 saturated heterocycles. The van der Waals surface area contributed by atoms with Gasteiger partial charge in [-0.25, -0.2) is 15.0 Å². The highest BCUT2D eigenvalue weighted by molar-refractivity contribution is 7.13. The molecule has 0 atom stereocenters. The number of thiazole rings is 1. The summed E-state index contributed by atoms with van der Waals surface area (Å²) in [7, 11) is 0. The molecule has 0 spiro atoms. The maximum absolute atomic E-state index is 12.1. The summed E-state index contributed by atoms with van der Waals surface area (Å²) in [6.07, 6.45) is 0. The summed E-state index contributed by atoms with van der Waals surface area (Å²) < 4.78 is 0. The van der Waals surface area contributed by atoms with Gasteiger partial charge < -0.3 is 16.0 Å². The monoisotopic (exact) mass is 334 g/mol. The van der Waals surface area contributed by atoms with Crippen LogP contribution >= 0.6 is 11.3 Å². The third-order valence-corrected chi connectivity index (χ3v) is 4.09. The lowest BCUT2D eigenvalue weighted by atomic mass is 10.3. The van der Waals surface area contributed by atoms with Crippen LogP contribution < -0.4 is 16.0 Å². The molecule has 0 unspecified atom stereocenters. The molecule has 124 valence electrons. The molecule has 0 saturated carbocycles. The van der Waals surface area contributed by atoms with E-state index in [-0.39, 0.29) is 5.91 Å². The van der Waals surface area contributed by atoms with Gasteiger partial charge in [-0.2, -0.15) is 0 Å². The topological polar surface area (TPSA) is 91.8 Å². The lowest BCUT2D eigenvalue weighted by Gasteiger charge is -2.09. The van der Waals surface area contributed by atoms with E-state index in [1.165, 1.54) is 11.3 Å². The molecule has 0 aliphatic carbocycles. The van der Waals surface area contributed by atoms with Gasteiger partial charge in [-0.05, 0) is 27.7 Å². The molecule has 0 bridgehead atoms. The first-order valence-corrected chi connectivity index (χ1v) is 8.37. The highest BCUT2D eigenvalue weighted by Gasteiger charge is 2.12. The van der Waals surface area contributed by atoms with E-state index in [2.05, 4.69) is 30.9 Å². The number of nitrogens with zero attached hydrogens (tertiary/aromatic N) is 3. The van der Waals surface area contributed by atoms with Crippen molar-refractivity contribution < 1.29 is 4.79 Å². The fourth-order valence-electron chi connectivity index (χ4n) is 2.12. The van der Waals surface area contributed by atoms with Crippen molar-refractivity contribution in [2.24, 2.45) is 0 Å². The molecule has 0 aliphatic heterocycles. The van der Waals surface area contributed by atoms with Crippen molar-refractivity contribution in [3.05, 3.63) is 27.5 Å². The molecule has 2 aromatic heterocycles. The van der Waals surface area contributed by atoms with Crippen LogP contribution in [0, 0.1) is 20.8 Å². The molecule has 0 fully saturated rings. The average molecular weight is 334 g/mol. The van der Waals surface area contributed by atoms with Crippen molar-refractivity contribution in [2.75, 3.05) is 30.3 Å². The summed E-state index contributed by atoms with van der Waals surface area (Å²) in [6.45, 7) is 9.52. The molecule has 2 heterocycles. The third-order valence-electron chi connectivity index (χ3n) is 3.02. The molecule has 8 heteroatoms. The molecule has 0 radical (unpaired) electrons. The van der Waals surface area contributed by atoms with Gasteiger partial charge in [-0.1, -0.05) is 0 Å². The summed E-state index contributed by atoms with van der Waals surface area (Å²) in [5.41, 5.74) is 0.777. The largest absolute Gasteiger partial charge is 0.370 e. The summed E-state index contributed by atoms with van der Waals surface area (Å²) in [5.74, 6) is 2.16. The highest BCUT2D eigenvalue weighted by Crippen LogP contribution is 2.16. The normalized spacial score (nSPS) is 10.4. The van der Waals surface area contributed by atoms with Crippen LogP contribution in [-0.2, 0) is 0 Å². The van der Waals surface area contributed by atoms with Gasteiger partial charge in [0.25, 0.3) is 5.91 Å². The fourth-order valence-corrected chi connectivity index (χ4v) is 2.95. The standard InChI is InChI=1S/C15H22N6OS/c1-5-16-12-8-13(21-10(3)20-12)17-6-7-18-15(22)14-9(2)19-11(4)23-14/h8H,5-7H2,1-4H3,(H,18,22)(H2,16,17,20,21). The maximum atomic E-state index is 12.1. The van der Waals surface area contributed by atoms with Crippen molar-refractivity contribution in [1.29, 1.82) is 0 Å². The maximum Gasteiger partial charge on any atom is 0.263 e. The van der Waals surface area contributed by atoms with Crippen LogP contribution in [0.15, 0.2) is 6.07 Å². The van der Waals surface area contributed by atoms with Crippen molar-refractivity contribution >= 4 is 28.9 Å². The number of aryl methyl sites for hydroxylation is 3. The van der Waals surface area contributed by atoms with Gasteiger partial charge in [-0.3, -0.25) is 4.79 Å². The number of hydrogen-bond donors (Lipinski definition) is 3. The van der Waals surface area contributed by atoms with Gasteiger partial charge in [0.15, 0.2) is 0 Å². The molecule has 2 rings (SSSR count). The molecule has 0 aromatic carbocycles. The fraction of sp³-hybridized carbons (Fsp3) is 0.467. The molecule has 3 N–H and O–H groups in total. The summed E-state index contributed by atoms with van der Waals surface area (Å²) in [6, 6.07) is 1.86. The van der Waals surface area contributed by atoms with E-state index >= 15 is 0 Å². The average Bonchev–Trinajstić information content (AvgIpc) is 2.82. The Morgan fingerprint density at radius 3 is 2.39 bits per heavy atom. The summed E-state index contributed by atoms with van der Waals surface area (Å²) in [4.78, 5) is 25.6. The minimum atomic E-state index is -0.0814. The van der Waals surface area contributed by atoms with Crippen LogP contribution in [0.3, 0.4) is 0 Å². The van der Waals surface area contributed by atoms with Crippen molar-refractivity contribution in [3.63, 3.8) is 0 Å². The van der Waals surface area contributed by atoms with E-state index in [9.17, 15) is 4.79 Å². The van der Waals surface area contributed by atoms with Crippen LogP contribution in [0.25, 0.3) is 0 Å².